The monoisotopic (exact) mass is 228 g/mol. The number of urea groups is 1. The van der Waals surface area contributed by atoms with Crippen molar-refractivity contribution < 1.29 is 9.59 Å². The van der Waals surface area contributed by atoms with Crippen molar-refractivity contribution >= 4 is 24.6 Å². The van der Waals surface area contributed by atoms with Crippen LogP contribution >= 0.6 is 12.6 Å². The number of rotatable bonds is 4. The van der Waals surface area contributed by atoms with Gasteiger partial charge in [-0.1, -0.05) is 19.1 Å². The van der Waals surface area contributed by atoms with Crippen LogP contribution in [0.3, 0.4) is 0 Å². The zero-order valence-electron chi connectivity index (χ0n) is 8.99. The van der Waals surface area contributed by atoms with E-state index in [1.165, 1.54) is 4.90 Å². The highest BCUT2D eigenvalue weighted by Crippen LogP contribution is 2.20. The predicted molar refractivity (Wildman–Crippen MR) is 61.9 cm³/mol. The summed E-state index contributed by atoms with van der Waals surface area (Å²) in [5.74, 6) is 0.452. The number of carbonyl (C=O) groups is 2. The number of thiol groups is 1. The van der Waals surface area contributed by atoms with Gasteiger partial charge in [-0.2, -0.15) is 12.6 Å². The fraction of sp³-hybridized carbons (Fsp3) is 0.600. The number of hydrogen-bond donors (Lipinski definition) is 2. The summed E-state index contributed by atoms with van der Waals surface area (Å²) in [5, 5.41) is 2.69. The second kappa shape index (κ2) is 4.70. The van der Waals surface area contributed by atoms with E-state index in [-0.39, 0.29) is 11.9 Å². The Hall–Kier alpha value is -0.970. The fourth-order valence-electron chi connectivity index (χ4n) is 1.41. The van der Waals surface area contributed by atoms with Gasteiger partial charge in [0.05, 0.1) is 0 Å². The van der Waals surface area contributed by atoms with E-state index in [4.69, 9.17) is 0 Å². The molecule has 0 aliphatic carbocycles. The molecule has 1 atom stereocenters. The van der Waals surface area contributed by atoms with Crippen molar-refractivity contribution in [2.45, 2.75) is 25.8 Å². The maximum atomic E-state index is 11.9. The molecule has 0 aromatic rings. The van der Waals surface area contributed by atoms with E-state index in [0.29, 0.717) is 18.7 Å². The Bertz CT molecular complexity index is 304. The van der Waals surface area contributed by atoms with Crippen molar-refractivity contribution in [3.8, 4) is 0 Å². The highest BCUT2D eigenvalue weighted by atomic mass is 32.1. The van der Waals surface area contributed by atoms with E-state index in [1.807, 2.05) is 13.0 Å². The molecule has 1 rings (SSSR count). The summed E-state index contributed by atoms with van der Waals surface area (Å²) in [6.07, 6.45) is 4.18. The van der Waals surface area contributed by atoms with Crippen LogP contribution in [0.4, 0.5) is 4.79 Å². The Balaban J connectivity index is 2.71. The van der Waals surface area contributed by atoms with Crippen LogP contribution in [0.15, 0.2) is 12.2 Å². The Morgan fingerprint density at radius 2 is 2.13 bits per heavy atom. The molecule has 0 bridgehead atoms. The molecule has 1 unspecified atom stereocenters. The molecule has 1 saturated heterocycles. The molecule has 3 amide bonds. The van der Waals surface area contributed by atoms with E-state index < -0.39 is 5.54 Å². The first-order valence-electron chi connectivity index (χ1n) is 4.95. The lowest BCUT2D eigenvalue weighted by atomic mass is 9.99. The van der Waals surface area contributed by atoms with Gasteiger partial charge in [0.25, 0.3) is 5.91 Å². The molecular weight excluding hydrogens is 212 g/mol. The van der Waals surface area contributed by atoms with E-state index in [9.17, 15) is 9.59 Å². The van der Waals surface area contributed by atoms with Crippen LogP contribution in [0.2, 0.25) is 0 Å². The number of nitrogens with one attached hydrogen (secondary N) is 1. The molecule has 84 valence electrons. The van der Waals surface area contributed by atoms with Gasteiger partial charge in [0.15, 0.2) is 0 Å². The molecule has 0 aromatic carbocycles. The van der Waals surface area contributed by atoms with Gasteiger partial charge >= 0.3 is 6.03 Å². The molecule has 0 aromatic heterocycles. The summed E-state index contributed by atoms with van der Waals surface area (Å²) in [5.41, 5.74) is -0.730. The van der Waals surface area contributed by atoms with Gasteiger partial charge < -0.3 is 5.32 Å². The summed E-state index contributed by atoms with van der Waals surface area (Å²) in [6.45, 7) is 3.95. The third kappa shape index (κ3) is 2.34. The molecule has 15 heavy (non-hydrogen) atoms. The molecule has 1 N–H and O–H groups in total. The molecule has 1 aliphatic rings. The Kier molecular flexibility index (Phi) is 3.79. The highest BCUT2D eigenvalue weighted by molar-refractivity contribution is 7.80. The van der Waals surface area contributed by atoms with Crippen LogP contribution < -0.4 is 5.32 Å². The first kappa shape index (κ1) is 12.1. The predicted octanol–water partition coefficient (Wildman–Crippen LogP) is 1.19. The smallest absolute Gasteiger partial charge is 0.323 e. The molecule has 4 nitrogen and oxygen atoms in total. The number of imide groups is 1. The Labute approximate surface area is 95.1 Å². The zero-order valence-corrected chi connectivity index (χ0v) is 9.88. The standard InChI is InChI=1S/C10H16N2O2S/c1-3-10(2)8(13)12(9(14)11-10)6-4-5-7-15/h4-5,15H,3,6-7H2,1-2H3,(H,11,14). The maximum Gasteiger partial charge on any atom is 0.325 e. The van der Waals surface area contributed by atoms with Crippen LogP contribution in [-0.4, -0.2) is 34.7 Å². The lowest BCUT2D eigenvalue weighted by Crippen LogP contribution is -2.43. The lowest BCUT2D eigenvalue weighted by Gasteiger charge is -2.18. The third-order valence-electron chi connectivity index (χ3n) is 2.61. The first-order chi connectivity index (χ1) is 7.05. The van der Waals surface area contributed by atoms with Gasteiger partial charge in [-0.05, 0) is 13.3 Å². The minimum absolute atomic E-state index is 0.154. The lowest BCUT2D eigenvalue weighted by molar-refractivity contribution is -0.130. The van der Waals surface area contributed by atoms with Crippen molar-refractivity contribution in [2.24, 2.45) is 0 Å². The summed E-state index contributed by atoms with van der Waals surface area (Å²) < 4.78 is 0. The Morgan fingerprint density at radius 3 is 2.60 bits per heavy atom. The minimum atomic E-state index is -0.730. The van der Waals surface area contributed by atoms with Crippen molar-refractivity contribution in [3.05, 3.63) is 12.2 Å². The Morgan fingerprint density at radius 1 is 1.47 bits per heavy atom. The molecule has 5 heteroatoms. The van der Waals surface area contributed by atoms with Crippen molar-refractivity contribution in [2.75, 3.05) is 12.3 Å². The van der Waals surface area contributed by atoms with Gasteiger partial charge in [0.2, 0.25) is 0 Å². The van der Waals surface area contributed by atoms with Crippen LogP contribution in [-0.2, 0) is 4.79 Å². The van der Waals surface area contributed by atoms with Gasteiger partial charge in [-0.25, -0.2) is 4.79 Å². The number of amides is 3. The molecular formula is C10H16N2O2S. The van der Waals surface area contributed by atoms with Gasteiger partial charge in [-0.3, -0.25) is 9.69 Å². The second-order valence-corrected chi connectivity index (χ2v) is 4.05. The van der Waals surface area contributed by atoms with Gasteiger partial charge in [-0.15, -0.1) is 0 Å². The van der Waals surface area contributed by atoms with Crippen LogP contribution in [0.25, 0.3) is 0 Å². The highest BCUT2D eigenvalue weighted by Gasteiger charge is 2.45. The van der Waals surface area contributed by atoms with Gasteiger partial charge in [0.1, 0.15) is 5.54 Å². The largest absolute Gasteiger partial charge is 0.325 e. The van der Waals surface area contributed by atoms with Crippen LogP contribution in [0.1, 0.15) is 20.3 Å². The van der Waals surface area contributed by atoms with Crippen LogP contribution in [0.5, 0.6) is 0 Å². The number of carbonyl (C=O) groups excluding carboxylic acids is 2. The quantitative estimate of drug-likeness (QED) is 0.431. The van der Waals surface area contributed by atoms with Crippen molar-refractivity contribution in [1.29, 1.82) is 0 Å². The van der Waals surface area contributed by atoms with Gasteiger partial charge in [0, 0.05) is 12.3 Å². The SMILES string of the molecule is CCC1(C)NC(=O)N(CC=CCS)C1=O. The first-order valence-corrected chi connectivity index (χ1v) is 5.58. The van der Waals surface area contributed by atoms with E-state index >= 15 is 0 Å². The molecule has 1 fully saturated rings. The molecule has 0 saturated carbocycles. The van der Waals surface area contributed by atoms with E-state index in [1.54, 1.807) is 13.0 Å². The third-order valence-corrected chi connectivity index (χ3v) is 2.82. The molecule has 1 heterocycles. The van der Waals surface area contributed by atoms with Crippen LogP contribution in [0, 0.1) is 0 Å². The summed E-state index contributed by atoms with van der Waals surface area (Å²) in [6, 6.07) is -0.312. The fourth-order valence-corrected chi connectivity index (χ4v) is 1.56. The van der Waals surface area contributed by atoms with Crippen molar-refractivity contribution in [3.63, 3.8) is 0 Å². The number of hydrogen-bond acceptors (Lipinski definition) is 3. The van der Waals surface area contributed by atoms with E-state index in [0.717, 1.165) is 0 Å². The average Bonchev–Trinajstić information content (AvgIpc) is 2.42. The summed E-state index contributed by atoms with van der Waals surface area (Å²) >= 11 is 4.00. The topological polar surface area (TPSA) is 49.4 Å². The second-order valence-electron chi connectivity index (χ2n) is 3.69. The summed E-state index contributed by atoms with van der Waals surface area (Å²) in [4.78, 5) is 24.6. The molecule has 0 radical (unpaired) electrons. The normalized spacial score (nSPS) is 26.5. The average molecular weight is 228 g/mol. The maximum absolute atomic E-state index is 11.9. The minimum Gasteiger partial charge on any atom is -0.323 e. The summed E-state index contributed by atoms with van der Waals surface area (Å²) in [7, 11) is 0. The van der Waals surface area contributed by atoms with E-state index in [2.05, 4.69) is 17.9 Å². The van der Waals surface area contributed by atoms with Crippen molar-refractivity contribution in [1.82, 2.24) is 10.2 Å². The molecule has 1 aliphatic heterocycles. The number of nitrogens with zero attached hydrogens (tertiary/aromatic N) is 1. The molecule has 0 spiro atoms. The zero-order chi connectivity index (χ0) is 11.5.